The van der Waals surface area contributed by atoms with E-state index >= 15 is 0 Å². The van der Waals surface area contributed by atoms with Gasteiger partial charge in [-0.1, -0.05) is 83.5 Å². The number of ketones is 1. The van der Waals surface area contributed by atoms with Gasteiger partial charge in [0.15, 0.2) is 0 Å². The molecule has 2 N–H and O–H groups in total. The maximum Gasteiger partial charge on any atom is 0.303 e. The molecule has 0 radical (unpaired) electrons. The average Bonchev–Trinajstić information content (AvgIpc) is 2.64. The zero-order chi connectivity index (χ0) is 20.0. The van der Waals surface area contributed by atoms with Crippen LogP contribution in [0.2, 0.25) is 0 Å². The predicted molar refractivity (Wildman–Crippen MR) is 112 cm³/mol. The van der Waals surface area contributed by atoms with Crippen molar-refractivity contribution in [3.05, 3.63) is 0 Å². The first-order valence-electron chi connectivity index (χ1n) is 11.5. The van der Waals surface area contributed by atoms with Crippen molar-refractivity contribution in [2.45, 2.75) is 128 Å². The molecule has 0 aliphatic heterocycles. The monoisotopic (exact) mass is 384 g/mol. The summed E-state index contributed by atoms with van der Waals surface area (Å²) < 4.78 is 0. The summed E-state index contributed by atoms with van der Waals surface area (Å²) in [7, 11) is 0. The van der Waals surface area contributed by atoms with Crippen LogP contribution in [0.4, 0.5) is 0 Å². The summed E-state index contributed by atoms with van der Waals surface area (Å²) in [6.07, 6.45) is 21.2. The Morgan fingerprint density at radius 2 is 0.741 bits per heavy atom. The number of carboxylic acid groups (broad SMARTS) is 1. The molecule has 0 bridgehead atoms. The summed E-state index contributed by atoms with van der Waals surface area (Å²) in [5.41, 5.74) is 0. The molecule has 0 saturated heterocycles. The molecular weight excluding hydrogens is 340 g/mol. The van der Waals surface area contributed by atoms with Gasteiger partial charge in [-0.3, -0.25) is 9.59 Å². The van der Waals surface area contributed by atoms with Crippen molar-refractivity contribution < 1.29 is 19.8 Å². The van der Waals surface area contributed by atoms with E-state index in [1.54, 1.807) is 0 Å². The second kappa shape index (κ2) is 21.4. The van der Waals surface area contributed by atoms with Crippen molar-refractivity contribution in [3.8, 4) is 0 Å². The highest BCUT2D eigenvalue weighted by Crippen LogP contribution is 2.13. The number of Topliss-reactive ketones (excluding diaryl/α,β-unsaturated/α-hetero) is 1. The van der Waals surface area contributed by atoms with Gasteiger partial charge in [0.1, 0.15) is 5.78 Å². The fourth-order valence-electron chi connectivity index (χ4n) is 3.46. The molecule has 0 aromatic carbocycles. The Morgan fingerprint density at radius 1 is 0.444 bits per heavy atom. The van der Waals surface area contributed by atoms with Crippen molar-refractivity contribution in [1.29, 1.82) is 0 Å². The second-order valence-electron chi connectivity index (χ2n) is 7.92. The van der Waals surface area contributed by atoms with Gasteiger partial charge in [0, 0.05) is 25.9 Å². The van der Waals surface area contributed by atoms with E-state index in [4.69, 9.17) is 10.2 Å². The van der Waals surface area contributed by atoms with Crippen molar-refractivity contribution in [1.82, 2.24) is 0 Å². The maximum absolute atomic E-state index is 11.9. The molecular formula is C23H44O4. The zero-order valence-electron chi connectivity index (χ0n) is 17.6. The molecule has 160 valence electrons. The summed E-state index contributed by atoms with van der Waals surface area (Å²) in [6, 6.07) is 0. The molecule has 0 amide bonds. The van der Waals surface area contributed by atoms with E-state index in [0.717, 1.165) is 57.8 Å². The Balaban J connectivity index is 3.16. The van der Waals surface area contributed by atoms with Gasteiger partial charge in [0.2, 0.25) is 0 Å². The molecule has 0 fully saturated rings. The van der Waals surface area contributed by atoms with Crippen molar-refractivity contribution in [2.75, 3.05) is 6.61 Å². The van der Waals surface area contributed by atoms with Gasteiger partial charge in [0.05, 0.1) is 0 Å². The number of aliphatic hydroxyl groups excluding tert-OH is 1. The third kappa shape index (κ3) is 23.1. The fraction of sp³-hybridized carbons (Fsp3) is 0.913. The third-order valence-corrected chi connectivity index (χ3v) is 5.21. The van der Waals surface area contributed by atoms with Gasteiger partial charge in [-0.05, 0) is 25.7 Å². The number of aliphatic hydroxyl groups is 1. The number of hydrogen-bond acceptors (Lipinski definition) is 3. The lowest BCUT2D eigenvalue weighted by atomic mass is 10.0. The summed E-state index contributed by atoms with van der Waals surface area (Å²) in [5, 5.41) is 17.3. The minimum absolute atomic E-state index is 0.305. The standard InChI is InChI=1S/C23H44O4/c24-21-17-13-9-5-4-7-11-15-19-22(25)18-14-10-6-2-1-3-8-12-16-20-23(26)27/h24H,1-21H2,(H,26,27). The first-order valence-corrected chi connectivity index (χ1v) is 11.5. The zero-order valence-corrected chi connectivity index (χ0v) is 17.6. The normalized spacial score (nSPS) is 11.0. The molecule has 0 heterocycles. The maximum atomic E-state index is 11.9. The molecule has 0 aromatic heterocycles. The van der Waals surface area contributed by atoms with E-state index in [9.17, 15) is 9.59 Å². The lowest BCUT2D eigenvalue weighted by Crippen LogP contribution is -1.97. The molecule has 0 aliphatic rings. The molecule has 0 unspecified atom stereocenters. The highest BCUT2D eigenvalue weighted by Gasteiger charge is 2.02. The van der Waals surface area contributed by atoms with E-state index in [-0.39, 0.29) is 0 Å². The quantitative estimate of drug-likeness (QED) is 0.211. The van der Waals surface area contributed by atoms with E-state index in [1.165, 1.54) is 64.2 Å². The first kappa shape index (κ1) is 26.1. The van der Waals surface area contributed by atoms with Crippen LogP contribution in [0.25, 0.3) is 0 Å². The van der Waals surface area contributed by atoms with Crippen molar-refractivity contribution in [3.63, 3.8) is 0 Å². The van der Waals surface area contributed by atoms with Crippen LogP contribution in [0, 0.1) is 0 Å². The molecule has 0 rings (SSSR count). The largest absolute Gasteiger partial charge is 0.481 e. The number of carbonyl (C=O) groups excluding carboxylic acids is 1. The fourth-order valence-corrected chi connectivity index (χ4v) is 3.46. The van der Waals surface area contributed by atoms with Crippen LogP contribution in [-0.2, 0) is 9.59 Å². The summed E-state index contributed by atoms with van der Waals surface area (Å²) in [6.45, 7) is 0.318. The van der Waals surface area contributed by atoms with Gasteiger partial charge in [-0.15, -0.1) is 0 Å². The van der Waals surface area contributed by atoms with Gasteiger partial charge in [-0.25, -0.2) is 0 Å². The number of rotatable bonds is 22. The Bertz CT molecular complexity index is 341. The van der Waals surface area contributed by atoms with Crippen LogP contribution in [0.15, 0.2) is 0 Å². The lowest BCUT2D eigenvalue weighted by Gasteiger charge is -2.03. The third-order valence-electron chi connectivity index (χ3n) is 5.21. The highest BCUT2D eigenvalue weighted by molar-refractivity contribution is 5.78. The van der Waals surface area contributed by atoms with Crippen LogP contribution in [0.5, 0.6) is 0 Å². The average molecular weight is 385 g/mol. The van der Waals surface area contributed by atoms with Gasteiger partial charge < -0.3 is 10.2 Å². The van der Waals surface area contributed by atoms with Gasteiger partial charge >= 0.3 is 5.97 Å². The number of unbranched alkanes of at least 4 members (excludes halogenated alkanes) is 15. The Labute approximate surface area is 167 Å². The predicted octanol–water partition coefficient (Wildman–Crippen LogP) is 6.43. The summed E-state index contributed by atoms with van der Waals surface area (Å²) in [4.78, 5) is 22.3. The molecule has 4 heteroatoms. The molecule has 0 aliphatic carbocycles. The van der Waals surface area contributed by atoms with Crippen LogP contribution in [0.3, 0.4) is 0 Å². The SMILES string of the molecule is O=C(O)CCCCCCCCCCCC(=O)CCCCCCCCCCO. The van der Waals surface area contributed by atoms with Crippen molar-refractivity contribution >= 4 is 11.8 Å². The number of carbonyl (C=O) groups is 2. The van der Waals surface area contributed by atoms with Gasteiger partial charge in [-0.2, -0.15) is 0 Å². The molecule has 27 heavy (non-hydrogen) atoms. The lowest BCUT2D eigenvalue weighted by molar-refractivity contribution is -0.137. The molecule has 0 atom stereocenters. The topological polar surface area (TPSA) is 74.6 Å². The number of carboxylic acids is 1. The van der Waals surface area contributed by atoms with Crippen LogP contribution in [0.1, 0.15) is 128 Å². The Morgan fingerprint density at radius 3 is 1.07 bits per heavy atom. The number of aliphatic carboxylic acids is 1. The molecule has 0 aromatic rings. The second-order valence-corrected chi connectivity index (χ2v) is 7.92. The Kier molecular flexibility index (Phi) is 20.7. The first-order chi connectivity index (χ1) is 13.2. The van der Waals surface area contributed by atoms with Gasteiger partial charge in [0.25, 0.3) is 0 Å². The minimum Gasteiger partial charge on any atom is -0.481 e. The number of hydrogen-bond donors (Lipinski definition) is 2. The van der Waals surface area contributed by atoms with E-state index in [0.29, 0.717) is 18.8 Å². The van der Waals surface area contributed by atoms with Crippen LogP contribution < -0.4 is 0 Å². The Hall–Kier alpha value is -0.900. The smallest absolute Gasteiger partial charge is 0.303 e. The summed E-state index contributed by atoms with van der Waals surface area (Å²) >= 11 is 0. The van der Waals surface area contributed by atoms with Crippen molar-refractivity contribution in [2.24, 2.45) is 0 Å². The highest BCUT2D eigenvalue weighted by atomic mass is 16.4. The molecule has 0 spiro atoms. The molecule has 4 nitrogen and oxygen atoms in total. The van der Waals surface area contributed by atoms with E-state index in [1.807, 2.05) is 0 Å². The minimum atomic E-state index is -0.685. The van der Waals surface area contributed by atoms with E-state index in [2.05, 4.69) is 0 Å². The van der Waals surface area contributed by atoms with Crippen LogP contribution >= 0.6 is 0 Å². The van der Waals surface area contributed by atoms with Crippen LogP contribution in [-0.4, -0.2) is 28.6 Å². The summed E-state index contributed by atoms with van der Waals surface area (Å²) in [5.74, 6) is -0.244. The molecule has 0 saturated carbocycles. The van der Waals surface area contributed by atoms with E-state index < -0.39 is 5.97 Å².